The molecule has 0 unspecified atom stereocenters. The Morgan fingerprint density at radius 2 is 1.74 bits per heavy atom. The Hall–Kier alpha value is -2.22. The molecule has 1 heterocycles. The molecule has 34 heavy (non-hydrogen) atoms. The average Bonchev–Trinajstić information content (AvgIpc) is 2.87. The minimum atomic E-state index is -3.50. The Balaban J connectivity index is 1.20. The summed E-state index contributed by atoms with van der Waals surface area (Å²) in [5, 5.41) is 3.06. The number of benzene rings is 2. The van der Waals surface area contributed by atoms with Crippen molar-refractivity contribution >= 4 is 15.9 Å². The van der Waals surface area contributed by atoms with Crippen LogP contribution in [-0.2, 0) is 34.2 Å². The second kappa shape index (κ2) is 11.5. The van der Waals surface area contributed by atoms with Crippen LogP contribution in [0.5, 0.6) is 0 Å². The summed E-state index contributed by atoms with van der Waals surface area (Å²) in [5.74, 6) is -0.0615. The number of fused-ring (bicyclic) bond motifs is 1. The number of hydrogen-bond acceptors (Lipinski definition) is 4. The number of carbonyl (C=O) groups excluding carboxylic acids is 1. The molecule has 1 aliphatic heterocycles. The molecule has 2 aromatic carbocycles. The van der Waals surface area contributed by atoms with E-state index in [4.69, 9.17) is 0 Å². The van der Waals surface area contributed by atoms with Crippen LogP contribution in [0, 0.1) is 5.92 Å². The number of piperidine rings is 1. The fourth-order valence-corrected chi connectivity index (χ4v) is 6.58. The zero-order valence-electron chi connectivity index (χ0n) is 20.2. The third-order valence-electron chi connectivity index (χ3n) is 7.09. The van der Waals surface area contributed by atoms with Crippen LogP contribution in [0.1, 0.15) is 48.8 Å². The summed E-state index contributed by atoms with van der Waals surface area (Å²) in [6.07, 6.45) is 6.34. The maximum Gasteiger partial charge on any atom is 0.243 e. The predicted molar refractivity (Wildman–Crippen MR) is 135 cm³/mol. The van der Waals surface area contributed by atoms with E-state index in [1.54, 1.807) is 10.4 Å². The molecule has 0 spiro atoms. The van der Waals surface area contributed by atoms with E-state index in [9.17, 15) is 13.2 Å². The highest BCUT2D eigenvalue weighted by Gasteiger charge is 2.32. The van der Waals surface area contributed by atoms with Crippen LogP contribution in [0.3, 0.4) is 0 Å². The summed E-state index contributed by atoms with van der Waals surface area (Å²) in [7, 11) is -1.41. The summed E-state index contributed by atoms with van der Waals surface area (Å²) < 4.78 is 27.9. The summed E-state index contributed by atoms with van der Waals surface area (Å²) in [6.45, 7) is 3.25. The second-order valence-corrected chi connectivity index (χ2v) is 11.6. The van der Waals surface area contributed by atoms with E-state index in [2.05, 4.69) is 29.4 Å². The third-order valence-corrected chi connectivity index (χ3v) is 8.99. The molecule has 2 aromatic rings. The van der Waals surface area contributed by atoms with Gasteiger partial charge in [-0.05, 0) is 87.4 Å². The lowest BCUT2D eigenvalue weighted by atomic mass is 9.92. The minimum Gasteiger partial charge on any atom is -0.356 e. The number of sulfonamides is 1. The van der Waals surface area contributed by atoms with Crippen molar-refractivity contribution in [2.75, 3.05) is 33.2 Å². The van der Waals surface area contributed by atoms with Crippen molar-refractivity contribution in [2.24, 2.45) is 5.92 Å². The molecule has 0 atom stereocenters. The van der Waals surface area contributed by atoms with E-state index < -0.39 is 10.0 Å². The summed E-state index contributed by atoms with van der Waals surface area (Å²) in [4.78, 5) is 15.3. The number of hydrogen-bond donors (Lipinski definition) is 1. The molecule has 1 aliphatic carbocycles. The van der Waals surface area contributed by atoms with Crippen molar-refractivity contribution in [3.8, 4) is 0 Å². The molecule has 0 radical (unpaired) electrons. The molecule has 1 saturated heterocycles. The smallest absolute Gasteiger partial charge is 0.243 e. The molecule has 0 saturated carbocycles. The van der Waals surface area contributed by atoms with Crippen molar-refractivity contribution in [1.82, 2.24) is 14.5 Å². The van der Waals surface area contributed by atoms with Crippen LogP contribution < -0.4 is 5.32 Å². The average molecular weight is 484 g/mol. The van der Waals surface area contributed by atoms with Gasteiger partial charge >= 0.3 is 0 Å². The molecule has 4 rings (SSSR count). The van der Waals surface area contributed by atoms with Gasteiger partial charge in [0, 0.05) is 32.1 Å². The summed E-state index contributed by atoms with van der Waals surface area (Å²) >= 11 is 0. The Labute approximate surface area is 204 Å². The van der Waals surface area contributed by atoms with Crippen molar-refractivity contribution in [3.63, 3.8) is 0 Å². The topological polar surface area (TPSA) is 69.7 Å². The van der Waals surface area contributed by atoms with Crippen LogP contribution in [0.25, 0.3) is 0 Å². The molecule has 1 amide bonds. The van der Waals surface area contributed by atoms with Gasteiger partial charge in [-0.25, -0.2) is 8.42 Å². The standard InChI is InChI=1S/C27H37N3O3S/c1-29(21-22-8-3-2-4-9-22)17-7-16-28-27(31)24-14-18-30(19-15-24)34(32,33)26-13-12-23-10-5-6-11-25(23)20-26/h2-4,8-9,12-13,20,24H,5-7,10-11,14-19,21H2,1H3,(H,28,31). The number of nitrogens with one attached hydrogen (secondary N) is 1. The Kier molecular flexibility index (Phi) is 8.40. The van der Waals surface area contributed by atoms with Gasteiger partial charge in [0.15, 0.2) is 0 Å². The maximum atomic E-state index is 13.2. The number of nitrogens with zero attached hydrogens (tertiary/aromatic N) is 2. The Bertz CT molecular complexity index is 1060. The molecule has 1 N–H and O–H groups in total. The van der Waals surface area contributed by atoms with Crippen LogP contribution in [0.4, 0.5) is 0 Å². The zero-order chi connectivity index (χ0) is 24.0. The molecule has 6 nitrogen and oxygen atoms in total. The highest BCUT2D eigenvalue weighted by Crippen LogP contribution is 2.28. The first-order valence-electron chi connectivity index (χ1n) is 12.6. The van der Waals surface area contributed by atoms with Crippen molar-refractivity contribution < 1.29 is 13.2 Å². The quantitative estimate of drug-likeness (QED) is 0.554. The highest BCUT2D eigenvalue weighted by molar-refractivity contribution is 7.89. The van der Waals surface area contributed by atoms with Gasteiger partial charge in [-0.2, -0.15) is 4.31 Å². The predicted octanol–water partition coefficient (Wildman–Crippen LogP) is 3.60. The first kappa shape index (κ1) is 24.9. The molecule has 0 aromatic heterocycles. The normalized spacial score (nSPS) is 17.5. The maximum absolute atomic E-state index is 13.2. The van der Waals surface area contributed by atoms with Crippen molar-refractivity contribution in [1.29, 1.82) is 0 Å². The Morgan fingerprint density at radius 1 is 1.03 bits per heavy atom. The zero-order valence-corrected chi connectivity index (χ0v) is 21.0. The minimum absolute atomic E-state index is 0.0524. The fourth-order valence-electron chi connectivity index (χ4n) is 5.06. The molecule has 2 aliphatic rings. The van der Waals surface area contributed by atoms with Gasteiger partial charge in [0.1, 0.15) is 0 Å². The Morgan fingerprint density at radius 3 is 2.47 bits per heavy atom. The van der Waals surface area contributed by atoms with E-state index in [0.29, 0.717) is 37.4 Å². The molecule has 7 heteroatoms. The molecule has 184 valence electrons. The lowest BCUT2D eigenvalue weighted by Gasteiger charge is -2.31. The van der Waals surface area contributed by atoms with E-state index in [0.717, 1.165) is 38.8 Å². The summed E-state index contributed by atoms with van der Waals surface area (Å²) in [6, 6.07) is 16.0. The number of aryl methyl sites for hydroxylation is 2. The lowest BCUT2D eigenvalue weighted by Crippen LogP contribution is -2.43. The number of amides is 1. The second-order valence-electron chi connectivity index (χ2n) is 9.68. The lowest BCUT2D eigenvalue weighted by molar-refractivity contribution is -0.126. The fraction of sp³-hybridized carbons (Fsp3) is 0.519. The molecule has 1 fully saturated rings. The van der Waals surface area contributed by atoms with Crippen LogP contribution in [-0.4, -0.2) is 56.8 Å². The van der Waals surface area contributed by atoms with Gasteiger partial charge in [0.05, 0.1) is 4.90 Å². The largest absolute Gasteiger partial charge is 0.356 e. The van der Waals surface area contributed by atoms with E-state index in [-0.39, 0.29) is 11.8 Å². The van der Waals surface area contributed by atoms with Gasteiger partial charge in [0.25, 0.3) is 0 Å². The van der Waals surface area contributed by atoms with Gasteiger partial charge in [-0.15, -0.1) is 0 Å². The van der Waals surface area contributed by atoms with Crippen molar-refractivity contribution in [3.05, 3.63) is 65.2 Å². The summed E-state index contributed by atoms with van der Waals surface area (Å²) in [5.41, 5.74) is 3.74. The molecule has 0 bridgehead atoms. The van der Waals surface area contributed by atoms with Crippen LogP contribution in [0.15, 0.2) is 53.4 Å². The van der Waals surface area contributed by atoms with Gasteiger partial charge in [-0.1, -0.05) is 36.4 Å². The first-order chi connectivity index (χ1) is 16.4. The monoisotopic (exact) mass is 483 g/mol. The number of rotatable bonds is 9. The van der Waals surface area contributed by atoms with Crippen LogP contribution >= 0.6 is 0 Å². The molecular formula is C27H37N3O3S. The van der Waals surface area contributed by atoms with E-state index >= 15 is 0 Å². The van der Waals surface area contributed by atoms with Gasteiger partial charge in [-0.3, -0.25) is 4.79 Å². The van der Waals surface area contributed by atoms with Gasteiger partial charge < -0.3 is 10.2 Å². The van der Waals surface area contributed by atoms with Crippen molar-refractivity contribution in [2.45, 2.75) is 56.4 Å². The van der Waals surface area contributed by atoms with E-state index in [1.807, 2.05) is 30.3 Å². The third kappa shape index (κ3) is 6.26. The van der Waals surface area contributed by atoms with Crippen LogP contribution in [0.2, 0.25) is 0 Å². The molecular weight excluding hydrogens is 446 g/mol. The first-order valence-corrected chi connectivity index (χ1v) is 14.0. The van der Waals surface area contributed by atoms with E-state index in [1.165, 1.54) is 23.1 Å². The van der Waals surface area contributed by atoms with Gasteiger partial charge in [0.2, 0.25) is 15.9 Å². The highest BCUT2D eigenvalue weighted by atomic mass is 32.2. The SMILES string of the molecule is CN(CCCNC(=O)C1CCN(S(=O)(=O)c2ccc3c(c2)CCCC3)CC1)Cc1ccccc1. The number of carbonyl (C=O) groups is 1.